The Hall–Kier alpha value is -2.22. The average molecular weight is 398 g/mol. The van der Waals surface area contributed by atoms with Crippen molar-refractivity contribution >= 4 is 40.4 Å². The number of halogens is 3. The number of carbonyl (C=O) groups excluding carboxylic acids is 1. The van der Waals surface area contributed by atoms with Gasteiger partial charge in [-0.3, -0.25) is 4.79 Å². The van der Waals surface area contributed by atoms with Gasteiger partial charge in [0.2, 0.25) is 5.88 Å². The first-order valence-electron chi connectivity index (χ1n) is 6.92. The molecule has 0 saturated heterocycles. The van der Waals surface area contributed by atoms with Crippen molar-refractivity contribution in [2.24, 2.45) is 5.73 Å². The summed E-state index contributed by atoms with van der Waals surface area (Å²) in [6.45, 7) is 0.0643. The van der Waals surface area contributed by atoms with Crippen LogP contribution in [0.4, 0.5) is 4.39 Å². The number of thiazole rings is 1. The zero-order chi connectivity index (χ0) is 18.0. The van der Waals surface area contributed by atoms with Gasteiger partial charge in [-0.2, -0.15) is 0 Å². The molecule has 0 fully saturated rings. The second kappa shape index (κ2) is 7.35. The van der Waals surface area contributed by atoms with Gasteiger partial charge in [0.15, 0.2) is 5.82 Å². The van der Waals surface area contributed by atoms with Crippen molar-refractivity contribution in [1.82, 2.24) is 9.97 Å². The first-order chi connectivity index (χ1) is 12.0. The van der Waals surface area contributed by atoms with E-state index in [1.165, 1.54) is 11.3 Å². The van der Waals surface area contributed by atoms with Crippen molar-refractivity contribution in [2.45, 2.75) is 6.61 Å². The molecule has 2 aromatic heterocycles. The van der Waals surface area contributed by atoms with Gasteiger partial charge in [0, 0.05) is 16.0 Å². The molecule has 0 aliphatic rings. The monoisotopic (exact) mass is 397 g/mol. The van der Waals surface area contributed by atoms with Crippen LogP contribution in [0.5, 0.6) is 5.88 Å². The van der Waals surface area contributed by atoms with Crippen molar-refractivity contribution in [3.05, 3.63) is 62.3 Å². The van der Waals surface area contributed by atoms with Gasteiger partial charge in [0.25, 0.3) is 5.91 Å². The number of nitrogens with two attached hydrogens (primary N) is 1. The third-order valence-corrected chi connectivity index (χ3v) is 4.64. The third-order valence-electron chi connectivity index (χ3n) is 3.21. The van der Waals surface area contributed by atoms with Crippen LogP contribution in [0.3, 0.4) is 0 Å². The van der Waals surface area contributed by atoms with Crippen molar-refractivity contribution < 1.29 is 13.9 Å². The second-order valence-electron chi connectivity index (χ2n) is 4.89. The van der Waals surface area contributed by atoms with E-state index in [9.17, 15) is 9.18 Å². The van der Waals surface area contributed by atoms with E-state index in [2.05, 4.69) is 9.97 Å². The maximum Gasteiger partial charge on any atom is 0.253 e. The number of primary amides is 1. The van der Waals surface area contributed by atoms with Crippen LogP contribution in [0.25, 0.3) is 11.3 Å². The van der Waals surface area contributed by atoms with Crippen LogP contribution >= 0.6 is 34.5 Å². The van der Waals surface area contributed by atoms with Gasteiger partial charge in [-0.25, -0.2) is 14.4 Å². The van der Waals surface area contributed by atoms with Crippen LogP contribution in [0.15, 0.2) is 35.8 Å². The molecule has 0 atom stereocenters. The lowest BCUT2D eigenvalue weighted by Gasteiger charge is -2.08. The molecular formula is C16H10Cl2FN3O2S. The molecule has 0 aliphatic carbocycles. The molecule has 0 unspecified atom stereocenters. The summed E-state index contributed by atoms with van der Waals surface area (Å²) < 4.78 is 19.0. The highest BCUT2D eigenvalue weighted by molar-refractivity contribution is 7.09. The maximum absolute atomic E-state index is 13.5. The van der Waals surface area contributed by atoms with E-state index in [4.69, 9.17) is 33.7 Å². The van der Waals surface area contributed by atoms with E-state index >= 15 is 0 Å². The lowest BCUT2D eigenvalue weighted by molar-refractivity contribution is 0.0995. The van der Waals surface area contributed by atoms with Gasteiger partial charge in [0.1, 0.15) is 22.2 Å². The van der Waals surface area contributed by atoms with Gasteiger partial charge in [-0.05, 0) is 12.1 Å². The normalized spacial score (nSPS) is 10.7. The Morgan fingerprint density at radius 1 is 1.28 bits per heavy atom. The molecule has 0 aliphatic heterocycles. The van der Waals surface area contributed by atoms with Gasteiger partial charge in [0.05, 0.1) is 11.9 Å². The topological polar surface area (TPSA) is 78.1 Å². The fourth-order valence-electron chi connectivity index (χ4n) is 2.04. The number of carbonyl (C=O) groups is 1. The molecule has 3 rings (SSSR count). The molecule has 1 aromatic carbocycles. The predicted molar refractivity (Wildman–Crippen MR) is 94.6 cm³/mol. The fourth-order valence-corrected chi connectivity index (χ4v) is 3.16. The summed E-state index contributed by atoms with van der Waals surface area (Å²) in [7, 11) is 0. The minimum absolute atomic E-state index is 0.0643. The van der Waals surface area contributed by atoms with Crippen molar-refractivity contribution in [1.29, 1.82) is 0 Å². The lowest BCUT2D eigenvalue weighted by Crippen LogP contribution is -2.15. The molecule has 0 bridgehead atoms. The maximum atomic E-state index is 13.5. The summed E-state index contributed by atoms with van der Waals surface area (Å²) in [5, 5.41) is 2.91. The Bertz CT molecular complexity index is 932. The number of ether oxygens (including phenoxy) is 1. The molecule has 128 valence electrons. The standard InChI is InChI=1S/C16H10Cl2FN3O2S/c17-9-3-1-8(2-4-9)11-7-25-12(22-11)6-24-16-14(18)13(15(20)23)10(19)5-21-16/h1-5,7H,6H2,(H2,20,23). The molecule has 2 heterocycles. The molecule has 3 aromatic rings. The predicted octanol–water partition coefficient (Wildman–Crippen LogP) is 4.33. The van der Waals surface area contributed by atoms with Gasteiger partial charge in [-0.1, -0.05) is 35.3 Å². The lowest BCUT2D eigenvalue weighted by atomic mass is 10.2. The Labute approximate surface area is 156 Å². The largest absolute Gasteiger partial charge is 0.469 e. The van der Waals surface area contributed by atoms with Crippen molar-refractivity contribution in [3.63, 3.8) is 0 Å². The SMILES string of the molecule is NC(=O)c1c(F)cnc(OCc2nc(-c3ccc(Cl)cc3)cs2)c1Cl. The highest BCUT2D eigenvalue weighted by atomic mass is 35.5. The second-order valence-corrected chi connectivity index (χ2v) is 6.64. The van der Waals surface area contributed by atoms with Crippen LogP contribution in [0.2, 0.25) is 10.0 Å². The number of hydrogen-bond acceptors (Lipinski definition) is 5. The number of amides is 1. The summed E-state index contributed by atoms with van der Waals surface area (Å²) in [4.78, 5) is 19.4. The van der Waals surface area contributed by atoms with Crippen molar-refractivity contribution in [3.8, 4) is 17.1 Å². The Kier molecular flexibility index (Phi) is 5.17. The van der Waals surface area contributed by atoms with E-state index in [0.717, 1.165) is 17.5 Å². The molecule has 2 N–H and O–H groups in total. The van der Waals surface area contributed by atoms with E-state index in [1.807, 2.05) is 17.5 Å². The highest BCUT2D eigenvalue weighted by Crippen LogP contribution is 2.29. The zero-order valence-corrected chi connectivity index (χ0v) is 14.8. The number of pyridine rings is 1. The van der Waals surface area contributed by atoms with Crippen LogP contribution < -0.4 is 10.5 Å². The zero-order valence-electron chi connectivity index (χ0n) is 12.5. The summed E-state index contributed by atoms with van der Waals surface area (Å²) in [6, 6.07) is 7.28. The van der Waals surface area contributed by atoms with E-state index < -0.39 is 17.3 Å². The minimum atomic E-state index is -0.992. The molecule has 9 heteroatoms. The van der Waals surface area contributed by atoms with Gasteiger partial charge >= 0.3 is 0 Å². The van der Waals surface area contributed by atoms with Crippen LogP contribution in [-0.4, -0.2) is 15.9 Å². The van der Waals surface area contributed by atoms with Crippen LogP contribution in [0.1, 0.15) is 15.4 Å². The summed E-state index contributed by atoms with van der Waals surface area (Å²) in [5.41, 5.74) is 6.34. The molecule has 0 radical (unpaired) electrons. The number of nitrogens with zero attached hydrogens (tertiary/aromatic N) is 2. The molecule has 0 saturated carbocycles. The van der Waals surface area contributed by atoms with Crippen LogP contribution in [-0.2, 0) is 6.61 Å². The quantitative estimate of drug-likeness (QED) is 0.694. The molecule has 5 nitrogen and oxygen atoms in total. The molecule has 0 spiro atoms. The smallest absolute Gasteiger partial charge is 0.253 e. The van der Waals surface area contributed by atoms with Gasteiger partial charge < -0.3 is 10.5 Å². The summed E-state index contributed by atoms with van der Waals surface area (Å²) in [6.07, 6.45) is 0.836. The number of aromatic nitrogens is 2. The van der Waals surface area contributed by atoms with Crippen molar-refractivity contribution in [2.75, 3.05) is 0 Å². The average Bonchev–Trinajstić information content (AvgIpc) is 3.03. The molecular weight excluding hydrogens is 388 g/mol. The highest BCUT2D eigenvalue weighted by Gasteiger charge is 2.19. The molecule has 1 amide bonds. The Balaban J connectivity index is 1.76. The molecule has 25 heavy (non-hydrogen) atoms. The number of benzene rings is 1. The summed E-state index contributed by atoms with van der Waals surface area (Å²) in [5.74, 6) is -1.97. The first kappa shape index (κ1) is 17.6. The van der Waals surface area contributed by atoms with E-state index in [-0.39, 0.29) is 17.5 Å². The summed E-state index contributed by atoms with van der Waals surface area (Å²) >= 11 is 13.2. The van der Waals surface area contributed by atoms with Gasteiger partial charge in [-0.15, -0.1) is 11.3 Å². The number of hydrogen-bond donors (Lipinski definition) is 1. The fraction of sp³-hybridized carbons (Fsp3) is 0.0625. The minimum Gasteiger partial charge on any atom is -0.469 e. The van der Waals surface area contributed by atoms with E-state index in [1.54, 1.807) is 12.1 Å². The first-order valence-corrected chi connectivity index (χ1v) is 8.56. The van der Waals surface area contributed by atoms with Crippen LogP contribution in [0, 0.1) is 5.82 Å². The van der Waals surface area contributed by atoms with E-state index in [0.29, 0.717) is 10.0 Å². The number of rotatable bonds is 5. The third kappa shape index (κ3) is 3.89. The Morgan fingerprint density at radius 2 is 2.00 bits per heavy atom. The Morgan fingerprint density at radius 3 is 2.68 bits per heavy atom.